The first kappa shape index (κ1) is 22.5. The summed E-state index contributed by atoms with van der Waals surface area (Å²) in [7, 11) is 1.47. The van der Waals surface area contributed by atoms with Crippen LogP contribution in [-0.2, 0) is 19.0 Å². The largest absolute Gasteiger partial charge is 0.457 e. The number of carbonyl (C=O) groups is 1. The normalized spacial score (nSPS) is 51.7. The summed E-state index contributed by atoms with van der Waals surface area (Å²) in [5.74, 6) is -1.90. The molecule has 1 unspecified atom stereocenters. The molecule has 4 aliphatic rings. The zero-order valence-electron chi connectivity index (χ0n) is 18.8. The number of esters is 1. The molecule has 7 heteroatoms. The first-order chi connectivity index (χ1) is 14.7. The number of rotatable bonds is 2. The number of carbonyl (C=O) groups excluding carboxylic acids is 1. The van der Waals surface area contributed by atoms with Crippen LogP contribution < -0.4 is 0 Å². The fourth-order valence-corrected chi connectivity index (χ4v) is 6.56. The van der Waals surface area contributed by atoms with Crippen LogP contribution in [0.1, 0.15) is 34.1 Å². The van der Waals surface area contributed by atoms with E-state index >= 15 is 0 Å². The van der Waals surface area contributed by atoms with Crippen LogP contribution in [0.15, 0.2) is 23.8 Å². The van der Waals surface area contributed by atoms with E-state index in [4.69, 9.17) is 14.2 Å². The minimum absolute atomic E-state index is 0.0609. The van der Waals surface area contributed by atoms with Crippen molar-refractivity contribution in [3.63, 3.8) is 0 Å². The topological polar surface area (TPSA) is 109 Å². The van der Waals surface area contributed by atoms with E-state index in [-0.39, 0.29) is 35.7 Å². The molecule has 4 bridgehead atoms. The highest BCUT2D eigenvalue weighted by Crippen LogP contribution is 2.61. The van der Waals surface area contributed by atoms with Crippen LogP contribution >= 0.6 is 0 Å². The van der Waals surface area contributed by atoms with Crippen LogP contribution in [0.5, 0.6) is 0 Å². The van der Waals surface area contributed by atoms with Gasteiger partial charge in [0.05, 0.1) is 30.3 Å². The summed E-state index contributed by atoms with van der Waals surface area (Å²) in [4.78, 5) is 12.9. The van der Waals surface area contributed by atoms with Crippen molar-refractivity contribution in [2.45, 2.75) is 70.2 Å². The molecule has 2 aliphatic heterocycles. The molecular weight excluding hydrogens is 398 g/mol. The number of cyclic esters (lactones) is 1. The Labute approximate surface area is 183 Å². The van der Waals surface area contributed by atoms with Crippen molar-refractivity contribution >= 4 is 5.97 Å². The summed E-state index contributed by atoms with van der Waals surface area (Å²) in [6, 6.07) is 2.37. The first-order valence-corrected chi connectivity index (χ1v) is 11.2. The Kier molecular flexibility index (Phi) is 5.80. The molecule has 1 spiro atoms. The highest BCUT2D eigenvalue weighted by Gasteiger charge is 2.68. The predicted molar refractivity (Wildman–Crippen MR) is 111 cm³/mol. The van der Waals surface area contributed by atoms with Gasteiger partial charge in [0, 0.05) is 36.7 Å². The third-order valence-corrected chi connectivity index (χ3v) is 8.10. The van der Waals surface area contributed by atoms with Gasteiger partial charge in [-0.05, 0) is 25.8 Å². The third kappa shape index (κ3) is 3.19. The number of hydrogen-bond acceptors (Lipinski definition) is 7. The van der Waals surface area contributed by atoms with E-state index in [0.29, 0.717) is 6.42 Å². The van der Waals surface area contributed by atoms with Crippen LogP contribution in [0, 0.1) is 46.8 Å². The average molecular weight is 432 g/mol. The van der Waals surface area contributed by atoms with Crippen LogP contribution in [0.25, 0.3) is 0 Å². The maximum absolute atomic E-state index is 12.9. The molecule has 4 rings (SSSR count). The number of nitriles is 1. The Morgan fingerprint density at radius 2 is 2.06 bits per heavy atom. The molecule has 0 radical (unpaired) electrons. The maximum atomic E-state index is 12.9. The molecule has 2 N–H and O–H groups in total. The lowest BCUT2D eigenvalue weighted by Gasteiger charge is -2.48. The lowest BCUT2D eigenvalue weighted by molar-refractivity contribution is -0.172. The summed E-state index contributed by atoms with van der Waals surface area (Å²) in [6.07, 6.45) is 3.03. The second kappa shape index (κ2) is 8.00. The number of hydrogen-bond donors (Lipinski definition) is 2. The fraction of sp³-hybridized carbons (Fsp3) is 0.750. The molecule has 0 aromatic carbocycles. The van der Waals surface area contributed by atoms with Gasteiger partial charge >= 0.3 is 5.97 Å². The minimum atomic E-state index is -0.857. The Morgan fingerprint density at radius 1 is 1.35 bits per heavy atom. The molecule has 0 amide bonds. The Balaban J connectivity index is 1.88. The number of aliphatic hydroxyl groups excluding tert-OH is 2. The zero-order valence-corrected chi connectivity index (χ0v) is 18.8. The summed E-state index contributed by atoms with van der Waals surface area (Å²) >= 11 is 0. The van der Waals surface area contributed by atoms with E-state index in [0.717, 1.165) is 5.57 Å². The van der Waals surface area contributed by atoms with E-state index in [1.807, 2.05) is 26.8 Å². The van der Waals surface area contributed by atoms with Gasteiger partial charge in [0.2, 0.25) is 0 Å². The van der Waals surface area contributed by atoms with E-state index in [2.05, 4.69) is 18.2 Å². The highest BCUT2D eigenvalue weighted by atomic mass is 16.6. The van der Waals surface area contributed by atoms with Crippen molar-refractivity contribution in [2.75, 3.05) is 7.11 Å². The highest BCUT2D eigenvalue weighted by molar-refractivity contribution is 5.75. The van der Waals surface area contributed by atoms with Gasteiger partial charge in [-0.1, -0.05) is 32.1 Å². The molecule has 12 atom stereocenters. The van der Waals surface area contributed by atoms with Gasteiger partial charge in [-0.3, -0.25) is 0 Å². The van der Waals surface area contributed by atoms with Gasteiger partial charge in [-0.15, -0.1) is 0 Å². The monoisotopic (exact) mass is 431 g/mol. The molecular formula is C24H33NO6. The summed E-state index contributed by atoms with van der Waals surface area (Å²) in [6.45, 7) is 7.41. The maximum Gasteiger partial charge on any atom is 0.335 e. The second-order valence-electron chi connectivity index (χ2n) is 9.79. The molecule has 1 saturated carbocycles. The van der Waals surface area contributed by atoms with Crippen LogP contribution in [0.2, 0.25) is 0 Å². The summed E-state index contributed by atoms with van der Waals surface area (Å²) in [5, 5.41) is 31.4. The van der Waals surface area contributed by atoms with Crippen molar-refractivity contribution in [3.8, 4) is 6.07 Å². The Hall–Kier alpha value is -1.72. The third-order valence-electron chi connectivity index (χ3n) is 8.10. The van der Waals surface area contributed by atoms with E-state index in [1.165, 1.54) is 7.11 Å². The molecule has 2 aliphatic carbocycles. The zero-order chi connectivity index (χ0) is 22.7. The van der Waals surface area contributed by atoms with Crippen molar-refractivity contribution in [1.29, 1.82) is 5.26 Å². The summed E-state index contributed by atoms with van der Waals surface area (Å²) in [5.41, 5.74) is 0.102. The Morgan fingerprint density at radius 3 is 2.68 bits per heavy atom. The molecule has 0 aromatic rings. The van der Waals surface area contributed by atoms with Crippen LogP contribution in [0.4, 0.5) is 0 Å². The van der Waals surface area contributed by atoms with E-state index < -0.39 is 41.9 Å². The standard InChI is InChI=1S/C24H33NO6/c1-11-8-12(2)24-15(9-18(29-5)23(28)30-21(11)14(4)26)6-7-16-19(24)20(27)13(3)17(10-25)22(16)31-24/h6-8,11,13-22,26-27H,9H2,1-5H3/b12-8+/t11-,13?,14-,15-,16-,17-,18+,19+,20-,21+,22-,24+/m1/s1. The molecule has 2 heterocycles. The average Bonchev–Trinajstić information content (AvgIpc) is 2.91. The van der Waals surface area contributed by atoms with Crippen molar-refractivity contribution in [1.82, 2.24) is 0 Å². The minimum Gasteiger partial charge on any atom is -0.457 e. The molecule has 0 aromatic heterocycles. The first-order valence-electron chi connectivity index (χ1n) is 11.2. The quantitative estimate of drug-likeness (QED) is 0.508. The smallest absolute Gasteiger partial charge is 0.335 e. The van der Waals surface area contributed by atoms with E-state index in [1.54, 1.807) is 6.92 Å². The van der Waals surface area contributed by atoms with Gasteiger partial charge in [-0.2, -0.15) is 5.26 Å². The van der Waals surface area contributed by atoms with Gasteiger partial charge < -0.3 is 24.4 Å². The predicted octanol–water partition coefficient (Wildman–Crippen LogP) is 1.99. The lowest BCUT2D eigenvalue weighted by Crippen LogP contribution is -2.55. The molecule has 31 heavy (non-hydrogen) atoms. The van der Waals surface area contributed by atoms with Gasteiger partial charge in [0.1, 0.15) is 11.7 Å². The molecule has 170 valence electrons. The number of aliphatic hydroxyl groups is 2. The van der Waals surface area contributed by atoms with Gasteiger partial charge in [-0.25, -0.2) is 4.79 Å². The number of nitrogens with zero attached hydrogens (tertiary/aromatic N) is 1. The van der Waals surface area contributed by atoms with Gasteiger partial charge in [0.25, 0.3) is 0 Å². The van der Waals surface area contributed by atoms with E-state index in [9.17, 15) is 20.3 Å². The van der Waals surface area contributed by atoms with Crippen LogP contribution in [-0.4, -0.2) is 59.4 Å². The molecule has 2 fully saturated rings. The van der Waals surface area contributed by atoms with Gasteiger partial charge in [0.15, 0.2) is 6.10 Å². The SMILES string of the molecule is CO[C@H]1C[C@H]2C=C[C@H]3[C@H]4O[C@]2(/C(C)=C/[C@@H](C)[C@@H]([C@@H](C)O)OC1=O)[C@@H]3[C@H](O)C(C)[C@H]4C#N. The number of ether oxygens (including phenoxy) is 3. The lowest BCUT2D eigenvalue weighted by atomic mass is 9.56. The molecule has 7 nitrogen and oxygen atoms in total. The second-order valence-corrected chi connectivity index (χ2v) is 9.79. The fourth-order valence-electron chi connectivity index (χ4n) is 6.56. The molecule has 1 saturated heterocycles. The van der Waals surface area contributed by atoms with Crippen molar-refractivity contribution in [2.24, 2.45) is 35.5 Å². The summed E-state index contributed by atoms with van der Waals surface area (Å²) < 4.78 is 17.9. The van der Waals surface area contributed by atoms with Crippen molar-refractivity contribution < 1.29 is 29.2 Å². The number of methoxy groups -OCH3 is 1. The van der Waals surface area contributed by atoms with Crippen LogP contribution in [0.3, 0.4) is 0 Å². The Bertz CT molecular complexity index is 830. The van der Waals surface area contributed by atoms with Crippen molar-refractivity contribution in [3.05, 3.63) is 23.8 Å².